The second kappa shape index (κ2) is 8.04. The Morgan fingerprint density at radius 1 is 1.24 bits per heavy atom. The van der Waals surface area contributed by atoms with Gasteiger partial charge in [-0.3, -0.25) is 0 Å². The van der Waals surface area contributed by atoms with Crippen LogP contribution in [0.4, 0.5) is 0 Å². The maximum Gasteiger partial charge on any atom is 0.0180 e. The predicted molar refractivity (Wildman–Crippen MR) is 75.0 cm³/mol. The highest BCUT2D eigenvalue weighted by atomic mass is 15.1. The summed E-state index contributed by atoms with van der Waals surface area (Å²) >= 11 is 0. The van der Waals surface area contributed by atoms with Crippen LogP contribution in [0.1, 0.15) is 24.0 Å². The minimum absolute atomic E-state index is 0.635. The van der Waals surface area contributed by atoms with Gasteiger partial charge in [0.1, 0.15) is 0 Å². The Hall–Kier alpha value is -1.12. The van der Waals surface area contributed by atoms with E-state index >= 15 is 0 Å². The Morgan fingerprint density at radius 3 is 2.59 bits per heavy atom. The number of rotatable bonds is 8. The Kier molecular flexibility index (Phi) is 6.60. The molecule has 94 valence electrons. The van der Waals surface area contributed by atoms with E-state index in [1.807, 2.05) is 6.08 Å². The molecule has 1 rings (SSSR count). The number of likely N-dealkylation sites (N-methyl/N-ethyl adjacent to an activating group) is 1. The Morgan fingerprint density at radius 2 is 1.94 bits per heavy atom. The van der Waals surface area contributed by atoms with Gasteiger partial charge in [0.2, 0.25) is 0 Å². The van der Waals surface area contributed by atoms with Crippen LogP contribution >= 0.6 is 0 Å². The van der Waals surface area contributed by atoms with Crippen molar-refractivity contribution in [2.24, 2.45) is 5.73 Å². The lowest BCUT2D eigenvalue weighted by atomic mass is 10.0. The maximum absolute atomic E-state index is 5.73. The summed E-state index contributed by atoms with van der Waals surface area (Å²) in [5.74, 6) is 0. The van der Waals surface area contributed by atoms with Crippen molar-refractivity contribution in [2.45, 2.75) is 25.8 Å². The van der Waals surface area contributed by atoms with E-state index in [-0.39, 0.29) is 0 Å². The summed E-state index contributed by atoms with van der Waals surface area (Å²) in [5.41, 5.74) is 8.38. The highest BCUT2D eigenvalue weighted by Gasteiger charge is 2.02. The lowest BCUT2D eigenvalue weighted by molar-refractivity contribution is 0.334. The summed E-state index contributed by atoms with van der Waals surface area (Å²) in [7, 11) is 2.17. The molecule has 0 heterocycles. The van der Waals surface area contributed by atoms with Gasteiger partial charge in [-0.25, -0.2) is 0 Å². The van der Waals surface area contributed by atoms with Crippen molar-refractivity contribution in [3.8, 4) is 0 Å². The van der Waals surface area contributed by atoms with Crippen molar-refractivity contribution in [3.63, 3.8) is 0 Å². The molecule has 0 aliphatic rings. The van der Waals surface area contributed by atoms with E-state index in [9.17, 15) is 0 Å². The van der Waals surface area contributed by atoms with Crippen LogP contribution in [0.15, 0.2) is 36.9 Å². The van der Waals surface area contributed by atoms with Gasteiger partial charge >= 0.3 is 0 Å². The molecule has 17 heavy (non-hydrogen) atoms. The summed E-state index contributed by atoms with van der Waals surface area (Å²) in [4.78, 5) is 2.37. The van der Waals surface area contributed by atoms with Crippen LogP contribution in [0.25, 0.3) is 0 Å². The van der Waals surface area contributed by atoms with Gasteiger partial charge in [-0.05, 0) is 44.0 Å². The third kappa shape index (κ3) is 5.16. The van der Waals surface area contributed by atoms with Gasteiger partial charge in [0.15, 0.2) is 0 Å². The molecule has 1 aromatic carbocycles. The van der Waals surface area contributed by atoms with Crippen LogP contribution in [0, 0.1) is 0 Å². The van der Waals surface area contributed by atoms with Gasteiger partial charge in [-0.1, -0.05) is 30.3 Å². The number of nitrogens with zero attached hydrogens (tertiary/aromatic N) is 1. The maximum atomic E-state index is 5.73. The van der Waals surface area contributed by atoms with Gasteiger partial charge in [0.25, 0.3) is 0 Å². The summed E-state index contributed by atoms with van der Waals surface area (Å²) in [6.45, 7) is 6.60. The number of benzene rings is 1. The first kappa shape index (κ1) is 13.9. The Bertz CT molecular complexity index is 333. The van der Waals surface area contributed by atoms with Crippen LogP contribution in [0.3, 0.4) is 0 Å². The molecule has 0 bridgehead atoms. The standard InChI is InChI=1S/C15H24N2/c1-3-4-7-11-17(2)12-10-14-8-5-6-9-15(14)13-16/h3,5-6,8-9H,1,4,7,10-13,16H2,2H3. The zero-order valence-corrected chi connectivity index (χ0v) is 10.9. The van der Waals surface area contributed by atoms with Crippen molar-refractivity contribution in [2.75, 3.05) is 20.1 Å². The van der Waals surface area contributed by atoms with Crippen molar-refractivity contribution in [1.82, 2.24) is 4.90 Å². The van der Waals surface area contributed by atoms with Crippen molar-refractivity contribution in [3.05, 3.63) is 48.0 Å². The van der Waals surface area contributed by atoms with E-state index in [0.29, 0.717) is 6.54 Å². The third-order valence-electron chi connectivity index (χ3n) is 3.05. The number of unbranched alkanes of at least 4 members (excludes halogenated alkanes) is 1. The fourth-order valence-electron chi connectivity index (χ4n) is 1.93. The van der Waals surface area contributed by atoms with Gasteiger partial charge in [-0.2, -0.15) is 0 Å². The molecule has 1 aromatic rings. The zero-order chi connectivity index (χ0) is 12.5. The second-order valence-corrected chi connectivity index (χ2v) is 4.46. The molecule has 0 aliphatic heterocycles. The van der Waals surface area contributed by atoms with E-state index in [1.165, 1.54) is 17.5 Å². The molecule has 2 heteroatoms. The monoisotopic (exact) mass is 232 g/mol. The lowest BCUT2D eigenvalue weighted by Gasteiger charge is -2.17. The SMILES string of the molecule is C=CCCCN(C)CCc1ccccc1CN. The smallest absolute Gasteiger partial charge is 0.0180 e. The van der Waals surface area contributed by atoms with Gasteiger partial charge < -0.3 is 10.6 Å². The first-order valence-electron chi connectivity index (χ1n) is 6.34. The van der Waals surface area contributed by atoms with Crippen molar-refractivity contribution >= 4 is 0 Å². The number of allylic oxidation sites excluding steroid dienone is 1. The van der Waals surface area contributed by atoms with Gasteiger partial charge in [0.05, 0.1) is 0 Å². The predicted octanol–water partition coefficient (Wildman–Crippen LogP) is 2.59. The largest absolute Gasteiger partial charge is 0.326 e. The fraction of sp³-hybridized carbons (Fsp3) is 0.467. The molecule has 0 saturated heterocycles. The molecule has 0 atom stereocenters. The first-order chi connectivity index (χ1) is 8.27. The van der Waals surface area contributed by atoms with Gasteiger partial charge in [-0.15, -0.1) is 6.58 Å². The van der Waals surface area contributed by atoms with Crippen LogP contribution in [0.2, 0.25) is 0 Å². The molecular weight excluding hydrogens is 208 g/mol. The van der Waals surface area contributed by atoms with Crippen molar-refractivity contribution in [1.29, 1.82) is 0 Å². The average Bonchev–Trinajstić information content (AvgIpc) is 2.37. The number of nitrogens with two attached hydrogens (primary N) is 1. The average molecular weight is 232 g/mol. The Balaban J connectivity index is 2.36. The highest BCUT2D eigenvalue weighted by molar-refractivity contribution is 5.27. The highest BCUT2D eigenvalue weighted by Crippen LogP contribution is 2.09. The number of hydrogen-bond acceptors (Lipinski definition) is 2. The minimum Gasteiger partial charge on any atom is -0.326 e. The first-order valence-corrected chi connectivity index (χ1v) is 6.34. The molecule has 2 nitrogen and oxygen atoms in total. The van der Waals surface area contributed by atoms with Crippen LogP contribution in [0.5, 0.6) is 0 Å². The molecule has 0 aromatic heterocycles. The van der Waals surface area contributed by atoms with Gasteiger partial charge in [0, 0.05) is 13.1 Å². The third-order valence-corrected chi connectivity index (χ3v) is 3.05. The van der Waals surface area contributed by atoms with E-state index < -0.39 is 0 Å². The minimum atomic E-state index is 0.635. The fourth-order valence-corrected chi connectivity index (χ4v) is 1.93. The summed E-state index contributed by atoms with van der Waals surface area (Å²) in [5, 5.41) is 0. The van der Waals surface area contributed by atoms with Crippen LogP contribution in [-0.4, -0.2) is 25.0 Å². The quantitative estimate of drug-likeness (QED) is 0.551. The van der Waals surface area contributed by atoms with E-state index in [1.54, 1.807) is 0 Å². The summed E-state index contributed by atoms with van der Waals surface area (Å²) in [6, 6.07) is 8.44. The molecule has 0 unspecified atom stereocenters. The lowest BCUT2D eigenvalue weighted by Crippen LogP contribution is -2.22. The topological polar surface area (TPSA) is 29.3 Å². The van der Waals surface area contributed by atoms with E-state index in [0.717, 1.165) is 25.9 Å². The van der Waals surface area contributed by atoms with Crippen molar-refractivity contribution < 1.29 is 0 Å². The summed E-state index contributed by atoms with van der Waals surface area (Å²) in [6.07, 6.45) is 5.36. The molecule has 0 aliphatic carbocycles. The summed E-state index contributed by atoms with van der Waals surface area (Å²) < 4.78 is 0. The molecular formula is C15H24N2. The van der Waals surface area contributed by atoms with Crippen LogP contribution < -0.4 is 5.73 Å². The normalized spacial score (nSPS) is 10.8. The molecule has 0 fully saturated rings. The second-order valence-electron chi connectivity index (χ2n) is 4.46. The molecule has 0 radical (unpaired) electrons. The molecule has 0 amide bonds. The number of hydrogen-bond donors (Lipinski definition) is 1. The van der Waals surface area contributed by atoms with E-state index in [2.05, 4.69) is 42.8 Å². The Labute approximate surface area is 105 Å². The zero-order valence-electron chi connectivity index (χ0n) is 10.9. The molecule has 0 saturated carbocycles. The molecule has 2 N–H and O–H groups in total. The van der Waals surface area contributed by atoms with Crippen LogP contribution in [-0.2, 0) is 13.0 Å². The van der Waals surface area contributed by atoms with E-state index in [4.69, 9.17) is 5.73 Å². The molecule has 0 spiro atoms.